The summed E-state index contributed by atoms with van der Waals surface area (Å²) in [5.74, 6) is 1.08. The lowest BCUT2D eigenvalue weighted by Gasteiger charge is -2.13. The van der Waals surface area contributed by atoms with Gasteiger partial charge in [-0.15, -0.1) is 0 Å². The topological polar surface area (TPSA) is 30.5 Å². The fourth-order valence-corrected chi connectivity index (χ4v) is 1.82. The van der Waals surface area contributed by atoms with Gasteiger partial charge in [-0.1, -0.05) is 0 Å². The standard InChI is InChI=1S/C16H18FNO2/c1-11(2)20-14-7-5-13(6-8-14)18-15-10-12(17)4-9-16(15)19-3/h4-11,18H,1-3H3. The van der Waals surface area contributed by atoms with Crippen LogP contribution in [0.1, 0.15) is 13.8 Å². The van der Waals surface area contributed by atoms with Crippen molar-refractivity contribution in [1.29, 1.82) is 0 Å². The van der Waals surface area contributed by atoms with E-state index in [4.69, 9.17) is 9.47 Å². The molecule has 2 aromatic carbocycles. The van der Waals surface area contributed by atoms with Crippen LogP contribution in [0.3, 0.4) is 0 Å². The van der Waals surface area contributed by atoms with E-state index in [9.17, 15) is 4.39 Å². The summed E-state index contributed by atoms with van der Waals surface area (Å²) in [5.41, 5.74) is 1.43. The van der Waals surface area contributed by atoms with Crippen molar-refractivity contribution < 1.29 is 13.9 Å². The molecule has 20 heavy (non-hydrogen) atoms. The van der Waals surface area contributed by atoms with E-state index in [-0.39, 0.29) is 11.9 Å². The second-order valence-electron chi connectivity index (χ2n) is 4.66. The van der Waals surface area contributed by atoms with Gasteiger partial charge in [0.2, 0.25) is 0 Å². The molecular formula is C16H18FNO2. The number of nitrogens with one attached hydrogen (secondary N) is 1. The smallest absolute Gasteiger partial charge is 0.142 e. The second kappa shape index (κ2) is 6.28. The van der Waals surface area contributed by atoms with Gasteiger partial charge in [-0.05, 0) is 50.2 Å². The lowest BCUT2D eigenvalue weighted by Crippen LogP contribution is -2.05. The highest BCUT2D eigenvalue weighted by molar-refractivity contribution is 5.66. The first-order valence-corrected chi connectivity index (χ1v) is 6.46. The van der Waals surface area contributed by atoms with Crippen LogP contribution in [0.2, 0.25) is 0 Å². The Labute approximate surface area is 118 Å². The van der Waals surface area contributed by atoms with Crippen LogP contribution in [0.15, 0.2) is 42.5 Å². The quantitative estimate of drug-likeness (QED) is 0.879. The van der Waals surface area contributed by atoms with Crippen LogP contribution in [-0.4, -0.2) is 13.2 Å². The molecule has 0 heterocycles. The third-order valence-electron chi connectivity index (χ3n) is 2.67. The monoisotopic (exact) mass is 275 g/mol. The van der Waals surface area contributed by atoms with Gasteiger partial charge in [0.25, 0.3) is 0 Å². The zero-order chi connectivity index (χ0) is 14.5. The Bertz CT molecular complexity index is 567. The highest BCUT2D eigenvalue weighted by atomic mass is 19.1. The van der Waals surface area contributed by atoms with Crippen molar-refractivity contribution in [2.45, 2.75) is 20.0 Å². The molecule has 3 nitrogen and oxygen atoms in total. The third-order valence-corrected chi connectivity index (χ3v) is 2.67. The molecular weight excluding hydrogens is 257 g/mol. The molecule has 0 aliphatic rings. The molecule has 0 saturated carbocycles. The van der Waals surface area contributed by atoms with Crippen LogP contribution in [0.25, 0.3) is 0 Å². The van der Waals surface area contributed by atoms with E-state index in [1.807, 2.05) is 38.1 Å². The molecule has 0 amide bonds. The Balaban J connectivity index is 2.15. The van der Waals surface area contributed by atoms with Crippen LogP contribution < -0.4 is 14.8 Å². The fourth-order valence-electron chi connectivity index (χ4n) is 1.82. The van der Waals surface area contributed by atoms with Crippen molar-refractivity contribution in [1.82, 2.24) is 0 Å². The number of hydrogen-bond donors (Lipinski definition) is 1. The molecule has 0 aromatic heterocycles. The SMILES string of the molecule is COc1ccc(F)cc1Nc1ccc(OC(C)C)cc1. The molecule has 2 aromatic rings. The fraction of sp³-hybridized carbons (Fsp3) is 0.250. The van der Waals surface area contributed by atoms with Gasteiger partial charge < -0.3 is 14.8 Å². The highest BCUT2D eigenvalue weighted by Gasteiger charge is 2.05. The first kappa shape index (κ1) is 14.2. The van der Waals surface area contributed by atoms with Crippen molar-refractivity contribution in [3.05, 3.63) is 48.3 Å². The number of halogens is 1. The van der Waals surface area contributed by atoms with Crippen molar-refractivity contribution >= 4 is 11.4 Å². The van der Waals surface area contributed by atoms with Crippen molar-refractivity contribution in [2.75, 3.05) is 12.4 Å². The molecule has 0 aliphatic heterocycles. The maximum absolute atomic E-state index is 13.3. The largest absolute Gasteiger partial charge is 0.495 e. The van der Waals surface area contributed by atoms with Gasteiger partial charge in [-0.3, -0.25) is 0 Å². The number of benzene rings is 2. The molecule has 0 radical (unpaired) electrons. The molecule has 0 aliphatic carbocycles. The second-order valence-corrected chi connectivity index (χ2v) is 4.66. The lowest BCUT2D eigenvalue weighted by molar-refractivity contribution is 0.242. The molecule has 0 unspecified atom stereocenters. The highest BCUT2D eigenvalue weighted by Crippen LogP contribution is 2.29. The molecule has 4 heteroatoms. The van der Waals surface area contributed by atoms with Crippen LogP contribution in [0.4, 0.5) is 15.8 Å². The van der Waals surface area contributed by atoms with Crippen molar-refractivity contribution in [3.8, 4) is 11.5 Å². The summed E-state index contributed by atoms with van der Waals surface area (Å²) in [6.45, 7) is 3.95. The van der Waals surface area contributed by atoms with Crippen LogP contribution in [0.5, 0.6) is 11.5 Å². The molecule has 0 saturated heterocycles. The number of anilines is 2. The van der Waals surface area contributed by atoms with Gasteiger partial charge in [0, 0.05) is 11.8 Å². The first-order valence-electron chi connectivity index (χ1n) is 6.46. The van der Waals surface area contributed by atoms with Gasteiger partial charge >= 0.3 is 0 Å². The minimum absolute atomic E-state index is 0.136. The summed E-state index contributed by atoms with van der Waals surface area (Å²) in [5, 5.41) is 3.12. The maximum atomic E-state index is 13.3. The molecule has 0 fully saturated rings. The van der Waals surface area contributed by atoms with E-state index >= 15 is 0 Å². The first-order chi connectivity index (χ1) is 9.58. The summed E-state index contributed by atoms with van der Waals surface area (Å²) in [6, 6.07) is 11.8. The van der Waals surface area contributed by atoms with Gasteiger partial charge in [0.1, 0.15) is 17.3 Å². The Morgan fingerprint density at radius 1 is 1.05 bits per heavy atom. The maximum Gasteiger partial charge on any atom is 0.142 e. The Kier molecular flexibility index (Phi) is 4.45. The van der Waals surface area contributed by atoms with E-state index in [0.717, 1.165) is 11.4 Å². The summed E-state index contributed by atoms with van der Waals surface area (Å²) < 4.78 is 24.0. The average Bonchev–Trinajstić information content (AvgIpc) is 2.41. The zero-order valence-electron chi connectivity index (χ0n) is 11.8. The third kappa shape index (κ3) is 3.63. The Hall–Kier alpha value is -2.23. The normalized spacial score (nSPS) is 10.4. The Morgan fingerprint density at radius 3 is 2.35 bits per heavy atom. The van der Waals surface area contributed by atoms with E-state index in [1.165, 1.54) is 12.1 Å². The minimum Gasteiger partial charge on any atom is -0.495 e. The molecule has 1 N–H and O–H groups in total. The van der Waals surface area contributed by atoms with Gasteiger partial charge in [0.05, 0.1) is 18.9 Å². The molecule has 0 spiro atoms. The number of methoxy groups -OCH3 is 1. The lowest BCUT2D eigenvalue weighted by atomic mass is 10.2. The molecule has 0 atom stereocenters. The van der Waals surface area contributed by atoms with Gasteiger partial charge in [-0.2, -0.15) is 0 Å². The predicted octanol–water partition coefficient (Wildman–Crippen LogP) is 4.37. The molecule has 2 rings (SSSR count). The summed E-state index contributed by atoms with van der Waals surface area (Å²) in [7, 11) is 1.55. The van der Waals surface area contributed by atoms with E-state index < -0.39 is 0 Å². The number of ether oxygens (including phenoxy) is 2. The average molecular weight is 275 g/mol. The Morgan fingerprint density at radius 2 is 1.75 bits per heavy atom. The molecule has 0 bridgehead atoms. The van der Waals surface area contributed by atoms with Crippen LogP contribution in [0, 0.1) is 5.82 Å². The zero-order valence-corrected chi connectivity index (χ0v) is 11.8. The summed E-state index contributed by atoms with van der Waals surface area (Å²) in [4.78, 5) is 0. The van der Waals surface area contributed by atoms with Gasteiger partial charge in [-0.25, -0.2) is 4.39 Å². The van der Waals surface area contributed by atoms with E-state index in [2.05, 4.69) is 5.32 Å². The van der Waals surface area contributed by atoms with E-state index in [1.54, 1.807) is 13.2 Å². The summed E-state index contributed by atoms with van der Waals surface area (Å²) in [6.07, 6.45) is 0.136. The minimum atomic E-state index is -0.312. The van der Waals surface area contributed by atoms with Crippen LogP contribution in [-0.2, 0) is 0 Å². The molecule has 106 valence electrons. The van der Waals surface area contributed by atoms with E-state index in [0.29, 0.717) is 11.4 Å². The predicted molar refractivity (Wildman–Crippen MR) is 78.4 cm³/mol. The number of rotatable bonds is 5. The number of hydrogen-bond acceptors (Lipinski definition) is 3. The van der Waals surface area contributed by atoms with Crippen molar-refractivity contribution in [3.63, 3.8) is 0 Å². The van der Waals surface area contributed by atoms with Gasteiger partial charge in [0.15, 0.2) is 0 Å². The van der Waals surface area contributed by atoms with Crippen molar-refractivity contribution in [2.24, 2.45) is 0 Å². The summed E-state index contributed by atoms with van der Waals surface area (Å²) >= 11 is 0. The van der Waals surface area contributed by atoms with Crippen LogP contribution >= 0.6 is 0 Å².